The maximum absolute atomic E-state index is 12.1. The summed E-state index contributed by atoms with van der Waals surface area (Å²) in [6, 6.07) is 22.0. The minimum absolute atomic E-state index is 0.0457. The highest BCUT2D eigenvalue weighted by Crippen LogP contribution is 2.43. The average Bonchev–Trinajstić information content (AvgIpc) is 3.75. The van der Waals surface area contributed by atoms with Crippen molar-refractivity contribution in [2.45, 2.75) is 82.3 Å². The molecule has 8 rings (SSSR count). The largest absolute Gasteiger partial charge is 0.506 e. The third-order valence-corrected chi connectivity index (χ3v) is 12.5. The van der Waals surface area contributed by atoms with Crippen molar-refractivity contribution in [3.8, 4) is 11.5 Å². The molecule has 6 N–H and O–H groups in total. The number of aliphatic hydroxyl groups excluding tert-OH is 2. The summed E-state index contributed by atoms with van der Waals surface area (Å²) in [4.78, 5) is 14.4. The number of phenols is 1. The van der Waals surface area contributed by atoms with Crippen molar-refractivity contribution in [2.75, 3.05) is 45.9 Å². The summed E-state index contributed by atoms with van der Waals surface area (Å²) in [5.74, 6) is 1.43. The number of hydrogen-bond donors (Lipinski definition) is 6. The molecule has 3 aliphatic heterocycles. The molecule has 10 heteroatoms. The third kappa shape index (κ3) is 8.18. The van der Waals surface area contributed by atoms with Gasteiger partial charge in [0.15, 0.2) is 0 Å². The van der Waals surface area contributed by atoms with Crippen LogP contribution >= 0.6 is 0 Å². The Bertz CT molecular complexity index is 1890. The van der Waals surface area contributed by atoms with E-state index in [0.717, 1.165) is 79.5 Å². The van der Waals surface area contributed by atoms with Gasteiger partial charge in [0.05, 0.1) is 51.1 Å². The molecule has 4 fully saturated rings. The van der Waals surface area contributed by atoms with Crippen LogP contribution in [0.4, 0.5) is 0 Å². The number of hydrogen-bond acceptors (Lipinski definition) is 8. The first kappa shape index (κ1) is 37.5. The van der Waals surface area contributed by atoms with Crippen molar-refractivity contribution < 1.29 is 34.4 Å². The molecule has 0 radical (unpaired) electrons. The number of aromatic amines is 1. The fourth-order valence-corrected chi connectivity index (χ4v) is 9.31. The molecule has 4 aromatic rings. The standard InChI is InChI=1S/C43H55N3O7/c1-29(44-25-38(49)35-13-15-37(48)42-36(35)14-17-41(50)45-42)31-12-16-39(32(24-31)27-47)52-23-7-20-46-21-18-30(19-22-46)40(26-46)53-28-43(51,34-10-5-6-11-34)33-8-3-2-4-9-33/h2-4,8-9,12-17,24,29-30,34,38,40,44,47,49,51H,5-7,10-11,18-23,25-28H2,1H3,(H-,45,48,50)/p+1/t29?,30?,38-,40-,43?,46?/m0/s1. The molecule has 3 saturated heterocycles. The number of phenolic OH excluding ortho intramolecular Hbond substituents is 1. The Kier molecular flexibility index (Phi) is 11.5. The van der Waals surface area contributed by atoms with E-state index in [1.807, 2.05) is 43.3 Å². The number of benzene rings is 3. The highest BCUT2D eigenvalue weighted by atomic mass is 16.5. The summed E-state index contributed by atoms with van der Waals surface area (Å²) in [5, 5.41) is 47.5. The van der Waals surface area contributed by atoms with Gasteiger partial charge in [-0.2, -0.15) is 0 Å². The number of nitrogens with zero attached hydrogens (tertiary/aromatic N) is 1. The van der Waals surface area contributed by atoms with Crippen LogP contribution in [-0.2, 0) is 16.9 Å². The minimum atomic E-state index is -0.940. The molecule has 4 heterocycles. The normalized spacial score (nSPS) is 23.9. The number of ether oxygens (including phenoxy) is 2. The van der Waals surface area contributed by atoms with E-state index in [9.17, 15) is 25.2 Å². The topological polar surface area (TPSA) is 144 Å². The average molecular weight is 727 g/mol. The van der Waals surface area contributed by atoms with Crippen molar-refractivity contribution in [1.82, 2.24) is 10.3 Å². The van der Waals surface area contributed by atoms with Gasteiger partial charge in [0, 0.05) is 54.8 Å². The van der Waals surface area contributed by atoms with Gasteiger partial charge in [0.25, 0.3) is 0 Å². The van der Waals surface area contributed by atoms with Crippen LogP contribution in [0.1, 0.15) is 86.3 Å². The third-order valence-electron chi connectivity index (χ3n) is 12.5. The van der Waals surface area contributed by atoms with Crippen LogP contribution in [0.3, 0.4) is 0 Å². The number of aromatic hydroxyl groups is 1. The van der Waals surface area contributed by atoms with E-state index in [1.165, 1.54) is 25.0 Å². The molecule has 0 spiro atoms. The van der Waals surface area contributed by atoms with Gasteiger partial charge in [-0.25, -0.2) is 0 Å². The predicted octanol–water partition coefficient (Wildman–Crippen LogP) is 5.58. The molecule has 4 atom stereocenters. The van der Waals surface area contributed by atoms with Crippen LogP contribution in [0.25, 0.3) is 10.9 Å². The van der Waals surface area contributed by atoms with Gasteiger partial charge >= 0.3 is 0 Å². The molecule has 2 bridgehead atoms. The first-order valence-electron chi connectivity index (χ1n) is 19.6. The number of fused-ring (bicyclic) bond motifs is 4. The number of nitrogens with one attached hydrogen (secondary N) is 2. The second kappa shape index (κ2) is 16.3. The Labute approximate surface area is 312 Å². The molecule has 4 aliphatic rings. The van der Waals surface area contributed by atoms with E-state index in [0.29, 0.717) is 41.3 Å². The van der Waals surface area contributed by atoms with E-state index < -0.39 is 11.7 Å². The summed E-state index contributed by atoms with van der Waals surface area (Å²) in [7, 11) is 0. The number of H-pyrrole nitrogens is 1. The highest BCUT2D eigenvalue weighted by molar-refractivity contribution is 5.87. The zero-order valence-electron chi connectivity index (χ0n) is 30.9. The molecule has 10 nitrogen and oxygen atoms in total. The molecule has 284 valence electrons. The number of quaternary nitrogens is 1. The number of piperidine rings is 3. The van der Waals surface area contributed by atoms with Crippen molar-refractivity contribution in [1.29, 1.82) is 0 Å². The number of rotatable bonds is 16. The van der Waals surface area contributed by atoms with Gasteiger partial charge < -0.3 is 44.7 Å². The Morgan fingerprint density at radius 1 is 1.00 bits per heavy atom. The van der Waals surface area contributed by atoms with E-state index in [4.69, 9.17) is 9.47 Å². The smallest absolute Gasteiger partial charge is 0.248 e. The summed E-state index contributed by atoms with van der Waals surface area (Å²) in [5.41, 5.74) is 2.30. The number of aliphatic hydroxyl groups is 3. The number of pyridine rings is 1. The molecular formula is C43H56N3O7+. The molecule has 1 saturated carbocycles. The lowest BCUT2D eigenvalue weighted by atomic mass is 9.80. The van der Waals surface area contributed by atoms with Gasteiger partial charge in [-0.05, 0) is 66.6 Å². The van der Waals surface area contributed by atoms with Crippen molar-refractivity contribution >= 4 is 10.9 Å². The van der Waals surface area contributed by atoms with Crippen LogP contribution in [0.2, 0.25) is 0 Å². The van der Waals surface area contributed by atoms with Crippen LogP contribution in [0.15, 0.2) is 77.6 Å². The molecule has 1 aromatic heterocycles. The Balaban J connectivity index is 0.909. The summed E-state index contributed by atoms with van der Waals surface area (Å²) in [6.45, 7) is 7.34. The van der Waals surface area contributed by atoms with Crippen LogP contribution in [0.5, 0.6) is 11.5 Å². The Morgan fingerprint density at radius 3 is 2.53 bits per heavy atom. The van der Waals surface area contributed by atoms with Gasteiger partial charge in [0.2, 0.25) is 5.56 Å². The highest BCUT2D eigenvalue weighted by Gasteiger charge is 2.48. The number of aromatic nitrogens is 1. The second-order valence-corrected chi connectivity index (χ2v) is 15.8. The van der Waals surface area contributed by atoms with Crippen molar-refractivity contribution in [2.24, 2.45) is 11.8 Å². The van der Waals surface area contributed by atoms with Gasteiger partial charge in [-0.1, -0.05) is 55.3 Å². The molecule has 0 amide bonds. The molecular weight excluding hydrogens is 670 g/mol. The predicted molar refractivity (Wildman–Crippen MR) is 205 cm³/mol. The monoisotopic (exact) mass is 726 g/mol. The zero-order chi connectivity index (χ0) is 37.0. The Morgan fingerprint density at radius 2 is 1.77 bits per heavy atom. The van der Waals surface area contributed by atoms with E-state index >= 15 is 0 Å². The fraction of sp³-hybridized carbons (Fsp3) is 0.512. The first-order valence-corrected chi connectivity index (χ1v) is 19.6. The summed E-state index contributed by atoms with van der Waals surface area (Å²) < 4.78 is 14.0. The fourth-order valence-electron chi connectivity index (χ4n) is 9.31. The lowest BCUT2D eigenvalue weighted by Crippen LogP contribution is -2.65. The zero-order valence-corrected chi connectivity index (χ0v) is 30.9. The summed E-state index contributed by atoms with van der Waals surface area (Å²) >= 11 is 0. The van der Waals surface area contributed by atoms with Crippen LogP contribution in [0, 0.1) is 11.8 Å². The van der Waals surface area contributed by atoms with Gasteiger partial charge in [-0.15, -0.1) is 0 Å². The lowest BCUT2D eigenvalue weighted by molar-refractivity contribution is -0.946. The second-order valence-electron chi connectivity index (χ2n) is 15.8. The van der Waals surface area contributed by atoms with E-state index in [-0.39, 0.29) is 42.5 Å². The van der Waals surface area contributed by atoms with Gasteiger partial charge in [0.1, 0.15) is 29.7 Å². The summed E-state index contributed by atoms with van der Waals surface area (Å²) in [6.07, 6.45) is 6.94. The molecule has 3 aromatic carbocycles. The minimum Gasteiger partial charge on any atom is -0.506 e. The van der Waals surface area contributed by atoms with Gasteiger partial charge in [-0.3, -0.25) is 4.79 Å². The maximum Gasteiger partial charge on any atom is 0.248 e. The lowest BCUT2D eigenvalue weighted by Gasteiger charge is -2.53. The van der Waals surface area contributed by atoms with E-state index in [1.54, 1.807) is 12.1 Å². The SMILES string of the molecule is CC(NC[C@H](O)c1ccc(O)c2[nH]c(=O)ccc12)c1ccc(OCCC[N+]23CCC(CC2)[C@@H](OCC(O)(c2ccccc2)C2CCCC2)C3)c(CO)c1. The molecule has 2 unspecified atom stereocenters. The van der Waals surface area contributed by atoms with Crippen molar-refractivity contribution in [3.05, 3.63) is 105 Å². The quantitative estimate of drug-likeness (QED) is 0.0649. The van der Waals surface area contributed by atoms with E-state index in [2.05, 4.69) is 22.4 Å². The van der Waals surface area contributed by atoms with Crippen LogP contribution in [-0.4, -0.2) is 81.9 Å². The maximum atomic E-state index is 12.1. The molecule has 1 aliphatic carbocycles. The van der Waals surface area contributed by atoms with Crippen LogP contribution < -0.4 is 15.6 Å². The first-order chi connectivity index (χ1) is 25.7. The van der Waals surface area contributed by atoms with Crippen molar-refractivity contribution in [3.63, 3.8) is 0 Å². The Hall–Kier alpha value is -3.77. The molecule has 53 heavy (non-hydrogen) atoms.